The van der Waals surface area contributed by atoms with Crippen molar-refractivity contribution in [2.45, 2.75) is 148 Å². The average molecular weight is 779 g/mol. The molecular weight excluding hydrogens is 705 g/mol. The van der Waals surface area contributed by atoms with E-state index in [4.69, 9.17) is 28.1 Å². The number of ketones is 1. The van der Waals surface area contributed by atoms with Crippen molar-refractivity contribution < 1.29 is 38.0 Å². The highest BCUT2D eigenvalue weighted by Crippen LogP contribution is 2.64. The molecule has 2 bridgehead atoms. The summed E-state index contributed by atoms with van der Waals surface area (Å²) in [7, 11) is -4.65. The Morgan fingerprint density at radius 1 is 0.885 bits per heavy atom. The van der Waals surface area contributed by atoms with Crippen LogP contribution in [0.25, 0.3) is 0 Å². The van der Waals surface area contributed by atoms with Gasteiger partial charge in [0.05, 0.1) is 24.7 Å². The highest BCUT2D eigenvalue weighted by atomic mass is 28.4. The summed E-state index contributed by atoms with van der Waals surface area (Å²) in [4.78, 5) is 13.8. The highest BCUT2D eigenvalue weighted by molar-refractivity contribution is 6.76. The fraction of sp³-hybridized carbons (Fsp3) is 0.780. The second-order valence-electron chi connectivity index (χ2n) is 19.8. The van der Waals surface area contributed by atoms with Crippen molar-refractivity contribution in [1.29, 1.82) is 0 Å². The number of hydrogen-bond acceptors (Lipinski definition) is 8. The van der Waals surface area contributed by atoms with Crippen LogP contribution in [0, 0.1) is 16.7 Å². The van der Waals surface area contributed by atoms with Gasteiger partial charge in [-0.25, -0.2) is 0 Å². The molecule has 2 saturated carbocycles. The predicted molar refractivity (Wildman–Crippen MR) is 220 cm³/mol. The molecule has 0 saturated heterocycles. The topological polar surface area (TPSA) is 92.7 Å². The van der Waals surface area contributed by atoms with Gasteiger partial charge in [0.15, 0.2) is 14.1 Å². The first-order valence-electron chi connectivity index (χ1n) is 19.6. The minimum atomic E-state index is -2.07. The van der Waals surface area contributed by atoms with Gasteiger partial charge in [0, 0.05) is 36.0 Å². The molecule has 2 unspecified atom stereocenters. The number of aliphatic hydroxyl groups is 1. The van der Waals surface area contributed by atoms with E-state index in [2.05, 4.69) is 87.0 Å². The van der Waals surface area contributed by atoms with E-state index in [1.165, 1.54) is 0 Å². The van der Waals surface area contributed by atoms with Crippen LogP contribution in [0.1, 0.15) is 59.4 Å². The van der Waals surface area contributed by atoms with Crippen LogP contribution in [0.3, 0.4) is 0 Å². The van der Waals surface area contributed by atoms with Crippen LogP contribution in [0.5, 0.6) is 0 Å². The van der Waals surface area contributed by atoms with Crippen LogP contribution in [0.4, 0.5) is 0 Å². The largest absolute Gasteiger partial charge is 0.417 e. The monoisotopic (exact) mass is 778 g/mol. The Morgan fingerprint density at radius 3 is 2.02 bits per heavy atom. The summed E-state index contributed by atoms with van der Waals surface area (Å²) in [5.74, 6) is -0.184. The van der Waals surface area contributed by atoms with E-state index in [0.717, 1.165) is 24.1 Å². The molecule has 0 spiro atoms. The fourth-order valence-electron chi connectivity index (χ4n) is 7.09. The average Bonchev–Trinajstić information content (AvgIpc) is 3.37. The molecule has 8 nitrogen and oxygen atoms in total. The van der Waals surface area contributed by atoms with Crippen LogP contribution in [-0.4, -0.2) is 93.2 Å². The van der Waals surface area contributed by atoms with Crippen molar-refractivity contribution in [3.8, 4) is 0 Å². The van der Waals surface area contributed by atoms with E-state index in [9.17, 15) is 9.90 Å². The molecule has 298 valence electrons. The van der Waals surface area contributed by atoms with E-state index in [1.54, 1.807) is 0 Å². The van der Waals surface area contributed by atoms with Gasteiger partial charge in [0.2, 0.25) is 0 Å². The van der Waals surface area contributed by atoms with Crippen LogP contribution in [-0.2, 0) is 39.5 Å². The van der Waals surface area contributed by atoms with Crippen molar-refractivity contribution in [2.24, 2.45) is 16.7 Å². The first-order chi connectivity index (χ1) is 24.0. The molecule has 52 heavy (non-hydrogen) atoms. The minimum Gasteiger partial charge on any atom is -0.417 e. The molecule has 2 fully saturated rings. The van der Waals surface area contributed by atoms with Crippen molar-refractivity contribution in [2.75, 3.05) is 40.0 Å². The molecule has 0 aromatic heterocycles. The lowest BCUT2D eigenvalue weighted by molar-refractivity contribution is -0.201. The Balaban J connectivity index is 2.05. The molecule has 0 radical (unpaired) electrons. The Bertz CT molecular complexity index is 1280. The third-order valence-corrected chi connectivity index (χ3v) is 20.0. The van der Waals surface area contributed by atoms with Crippen molar-refractivity contribution in [3.63, 3.8) is 0 Å². The first kappa shape index (κ1) is 45.4. The standard InChI is InChI=1S/C41H74O8Si3/c1-38(2,3)52(12,13)49-24-20-35(47-32-45-26-28-51(9,10)11)41(48-29-33-17-15-14-16-18-33,30-46-31-44-25-27-50(6,7)8)23-22-40-21-19-34(39(40,4)5)36(42)37(40)43/h14-18,22-23,34-36,42H,19-21,24-32H2,1-13H3/b23-22+/t34?,35-,36-,40?,41+/m1/s1. The molecular formula is C41H74O8Si3. The number of Topliss-reactive ketones (excluding diaryl/α,β-unsaturated/α-hetero) is 1. The van der Waals surface area contributed by atoms with E-state index < -0.39 is 53.1 Å². The Hall–Kier alpha value is -0.999. The first-order valence-corrected chi connectivity index (χ1v) is 29.9. The van der Waals surface area contributed by atoms with Crippen LogP contribution in [0.15, 0.2) is 42.5 Å². The summed E-state index contributed by atoms with van der Waals surface area (Å²) in [5, 5.41) is 11.1. The zero-order valence-corrected chi connectivity index (χ0v) is 38.1. The lowest BCUT2D eigenvalue weighted by Gasteiger charge is -2.41. The normalized spacial score (nSPS) is 24.2. The molecule has 0 heterocycles. The van der Waals surface area contributed by atoms with Gasteiger partial charge in [-0.15, -0.1) is 0 Å². The second-order valence-corrected chi connectivity index (χ2v) is 35.8. The number of allylic oxidation sites excluding steroid dienone is 1. The molecule has 1 aromatic carbocycles. The third kappa shape index (κ3) is 12.0. The van der Waals surface area contributed by atoms with Crippen molar-refractivity contribution in [3.05, 3.63) is 48.0 Å². The molecule has 1 aromatic rings. The molecule has 2 aliphatic rings. The maximum absolute atomic E-state index is 13.8. The van der Waals surface area contributed by atoms with Gasteiger partial charge < -0.3 is 33.2 Å². The highest BCUT2D eigenvalue weighted by Gasteiger charge is 2.67. The number of hydrogen-bond donors (Lipinski definition) is 1. The third-order valence-electron chi connectivity index (χ3n) is 12.1. The van der Waals surface area contributed by atoms with Gasteiger partial charge in [0.25, 0.3) is 0 Å². The number of carbonyl (C=O) groups excluding carboxylic acids is 1. The van der Waals surface area contributed by atoms with E-state index in [0.29, 0.717) is 39.3 Å². The van der Waals surface area contributed by atoms with E-state index in [1.807, 2.05) is 42.5 Å². The fourth-order valence-corrected chi connectivity index (χ4v) is 9.67. The molecule has 0 amide bonds. The summed E-state index contributed by atoms with van der Waals surface area (Å²) in [6, 6.07) is 12.2. The summed E-state index contributed by atoms with van der Waals surface area (Å²) < 4.78 is 39.0. The zero-order valence-electron chi connectivity index (χ0n) is 35.1. The minimum absolute atomic E-state index is 0.0495. The number of ether oxygens (including phenoxy) is 5. The summed E-state index contributed by atoms with van der Waals surface area (Å²) in [5.41, 5.74) is -1.34. The molecule has 5 atom stereocenters. The van der Waals surface area contributed by atoms with Crippen molar-refractivity contribution in [1.82, 2.24) is 0 Å². The number of aliphatic hydroxyl groups excluding tert-OH is 1. The maximum Gasteiger partial charge on any atom is 0.191 e. The van der Waals surface area contributed by atoms with Gasteiger partial charge in [-0.2, -0.15) is 0 Å². The molecule has 3 rings (SSSR count). The Kier molecular flexibility index (Phi) is 16.0. The molecule has 0 aliphatic heterocycles. The van der Waals surface area contributed by atoms with Gasteiger partial charge in [-0.1, -0.05) is 116 Å². The van der Waals surface area contributed by atoms with E-state index in [-0.39, 0.29) is 36.9 Å². The number of rotatable bonds is 23. The Labute approximate surface area is 319 Å². The van der Waals surface area contributed by atoms with Gasteiger partial charge >= 0.3 is 0 Å². The lowest BCUT2D eigenvalue weighted by atomic mass is 9.68. The SMILES string of the molecule is CC1(C)C2CCC1(/C=C/[C@@](COCOCC[Si](C)(C)C)(OCc1ccccc1)[C@@H](CCO[Si](C)(C)C(C)(C)C)OCOCC[Si](C)(C)C)C(=O)[C@@H]2O. The Morgan fingerprint density at radius 2 is 1.48 bits per heavy atom. The second kappa shape index (κ2) is 18.3. The summed E-state index contributed by atoms with van der Waals surface area (Å²) in [6.45, 7) is 31.9. The van der Waals surface area contributed by atoms with Crippen LogP contribution >= 0.6 is 0 Å². The van der Waals surface area contributed by atoms with Gasteiger partial charge in [0.1, 0.15) is 25.3 Å². The molecule has 2 aliphatic carbocycles. The number of benzene rings is 1. The van der Waals surface area contributed by atoms with Crippen LogP contribution in [0.2, 0.25) is 69.5 Å². The lowest BCUT2D eigenvalue weighted by Crippen LogP contribution is -2.51. The van der Waals surface area contributed by atoms with E-state index >= 15 is 0 Å². The number of fused-ring (bicyclic) bond motifs is 2. The van der Waals surface area contributed by atoms with Gasteiger partial charge in [-0.3, -0.25) is 4.79 Å². The number of carbonyl (C=O) groups is 1. The summed E-state index contributed by atoms with van der Waals surface area (Å²) >= 11 is 0. The summed E-state index contributed by atoms with van der Waals surface area (Å²) in [6.07, 6.45) is 4.57. The van der Waals surface area contributed by atoms with Gasteiger partial charge in [-0.05, 0) is 66.4 Å². The zero-order chi connectivity index (χ0) is 39.1. The van der Waals surface area contributed by atoms with Crippen LogP contribution < -0.4 is 0 Å². The predicted octanol–water partition coefficient (Wildman–Crippen LogP) is 9.30. The smallest absolute Gasteiger partial charge is 0.191 e. The quantitative estimate of drug-likeness (QED) is 0.0509. The van der Waals surface area contributed by atoms with Crippen molar-refractivity contribution >= 4 is 30.2 Å². The maximum atomic E-state index is 13.8. The molecule has 1 N–H and O–H groups in total. The molecule has 11 heteroatoms.